The number of rotatable bonds is 11. The molecule has 3 aromatic rings. The Morgan fingerprint density at radius 1 is 1.08 bits per heavy atom. The molecule has 212 valence electrons. The van der Waals surface area contributed by atoms with Gasteiger partial charge < -0.3 is 14.5 Å². The van der Waals surface area contributed by atoms with Crippen molar-refractivity contribution in [2.75, 3.05) is 19.8 Å². The van der Waals surface area contributed by atoms with Crippen molar-refractivity contribution in [3.05, 3.63) is 67.2 Å². The van der Waals surface area contributed by atoms with Crippen molar-refractivity contribution in [2.24, 2.45) is 0 Å². The van der Waals surface area contributed by atoms with Crippen LogP contribution in [0.3, 0.4) is 0 Å². The van der Waals surface area contributed by atoms with Crippen molar-refractivity contribution in [1.29, 1.82) is 0 Å². The highest BCUT2D eigenvalue weighted by Crippen LogP contribution is 2.36. The van der Waals surface area contributed by atoms with Gasteiger partial charge in [-0.3, -0.25) is 18.7 Å². The smallest absolute Gasteiger partial charge is 0.348 e. The monoisotopic (exact) mass is 573 g/mol. The van der Waals surface area contributed by atoms with E-state index in [1.807, 2.05) is 30.3 Å². The van der Waals surface area contributed by atoms with Gasteiger partial charge in [0.25, 0.3) is 5.56 Å². The molecule has 0 saturated heterocycles. The van der Waals surface area contributed by atoms with Crippen molar-refractivity contribution in [2.45, 2.75) is 72.3 Å². The molecule has 11 heteroatoms. The number of hydrogen-bond donors (Lipinski definition) is 1. The number of fused-ring (bicyclic) bond motifs is 1. The van der Waals surface area contributed by atoms with Crippen molar-refractivity contribution in [3.63, 3.8) is 0 Å². The zero-order valence-electron chi connectivity index (χ0n) is 23.9. The van der Waals surface area contributed by atoms with Crippen molar-refractivity contribution >= 4 is 41.7 Å². The van der Waals surface area contributed by atoms with Gasteiger partial charge in [-0.25, -0.2) is 9.59 Å². The fourth-order valence-electron chi connectivity index (χ4n) is 3.92. The van der Waals surface area contributed by atoms with Crippen LogP contribution in [0.25, 0.3) is 10.2 Å². The van der Waals surface area contributed by atoms with Gasteiger partial charge in [0.2, 0.25) is 5.91 Å². The molecule has 0 fully saturated rings. The topological polar surface area (TPSA) is 109 Å². The third-order valence-corrected chi connectivity index (χ3v) is 13.0. The Labute approximate surface area is 233 Å². The van der Waals surface area contributed by atoms with Gasteiger partial charge in [-0.15, -0.1) is 11.3 Å². The first kappa shape index (κ1) is 30.5. The summed E-state index contributed by atoms with van der Waals surface area (Å²) in [5, 5.41) is 3.07. The Balaban J connectivity index is 1.92. The molecule has 0 atom stereocenters. The highest BCUT2D eigenvalue weighted by Gasteiger charge is 2.36. The van der Waals surface area contributed by atoms with E-state index in [1.54, 1.807) is 13.8 Å². The molecule has 39 heavy (non-hydrogen) atoms. The summed E-state index contributed by atoms with van der Waals surface area (Å²) in [7, 11) is -1.96. The standard InChI is InChI=1S/C28H39N3O6SSi/c1-8-36-26(34)23-19(2)22-24(33)31(18-21(32)29-15-17-37-39(6,7)28(3,4)5)27(35)30(25(22)38-23)16-14-20-12-10-9-11-13-20/h9-13H,8,14-18H2,1-7H3,(H,29,32). The van der Waals surface area contributed by atoms with E-state index in [-0.39, 0.29) is 35.0 Å². The predicted octanol–water partition coefficient (Wildman–Crippen LogP) is 4.09. The number of thiophene rings is 1. The van der Waals surface area contributed by atoms with Gasteiger partial charge in [0.1, 0.15) is 16.3 Å². The first-order chi connectivity index (χ1) is 18.3. The van der Waals surface area contributed by atoms with E-state index >= 15 is 0 Å². The quantitative estimate of drug-likeness (QED) is 0.210. The first-order valence-corrected chi connectivity index (χ1v) is 16.9. The van der Waals surface area contributed by atoms with Crippen LogP contribution in [0.4, 0.5) is 0 Å². The number of carbonyl (C=O) groups is 2. The van der Waals surface area contributed by atoms with Gasteiger partial charge in [0.05, 0.1) is 18.6 Å². The molecule has 0 radical (unpaired) electrons. The van der Waals surface area contributed by atoms with Crippen LogP contribution in [0.2, 0.25) is 18.1 Å². The average Bonchev–Trinajstić information content (AvgIpc) is 3.21. The average molecular weight is 574 g/mol. The molecule has 0 saturated carbocycles. The van der Waals surface area contributed by atoms with E-state index in [4.69, 9.17) is 9.16 Å². The van der Waals surface area contributed by atoms with Crippen molar-refractivity contribution in [1.82, 2.24) is 14.5 Å². The summed E-state index contributed by atoms with van der Waals surface area (Å²) in [6.45, 7) is 14.7. The largest absolute Gasteiger partial charge is 0.462 e. The molecule has 2 aromatic heterocycles. The van der Waals surface area contributed by atoms with Gasteiger partial charge in [-0.05, 0) is 49.5 Å². The predicted molar refractivity (Wildman–Crippen MR) is 157 cm³/mol. The molecule has 1 amide bonds. The van der Waals surface area contributed by atoms with E-state index in [9.17, 15) is 19.2 Å². The van der Waals surface area contributed by atoms with Crippen LogP contribution < -0.4 is 16.6 Å². The van der Waals surface area contributed by atoms with Crippen LogP contribution in [0.15, 0.2) is 39.9 Å². The Morgan fingerprint density at radius 2 is 1.74 bits per heavy atom. The third-order valence-electron chi connectivity index (χ3n) is 7.22. The molecule has 0 aliphatic rings. The lowest BCUT2D eigenvalue weighted by Gasteiger charge is -2.36. The van der Waals surface area contributed by atoms with Crippen LogP contribution in [0, 0.1) is 6.92 Å². The molecule has 0 aliphatic heterocycles. The lowest BCUT2D eigenvalue weighted by atomic mass is 10.1. The van der Waals surface area contributed by atoms with Crippen LogP contribution in [0.5, 0.6) is 0 Å². The third kappa shape index (κ3) is 6.95. The summed E-state index contributed by atoms with van der Waals surface area (Å²) >= 11 is 1.07. The molecule has 0 unspecified atom stereocenters. The second kappa shape index (κ2) is 12.4. The molecular weight excluding hydrogens is 534 g/mol. The summed E-state index contributed by atoms with van der Waals surface area (Å²) in [5.74, 6) is -0.996. The highest BCUT2D eigenvalue weighted by molar-refractivity contribution is 7.20. The fraction of sp³-hybridized carbons (Fsp3) is 0.500. The maximum atomic E-state index is 13.6. The van der Waals surface area contributed by atoms with Gasteiger partial charge in [-0.2, -0.15) is 0 Å². The van der Waals surface area contributed by atoms with E-state index in [0.717, 1.165) is 21.5 Å². The second-order valence-corrected chi connectivity index (χ2v) is 16.8. The van der Waals surface area contributed by atoms with E-state index < -0.39 is 38.0 Å². The number of aromatic nitrogens is 2. The van der Waals surface area contributed by atoms with Gasteiger partial charge in [0, 0.05) is 13.1 Å². The van der Waals surface area contributed by atoms with Crippen LogP contribution >= 0.6 is 11.3 Å². The van der Waals surface area contributed by atoms with Crippen molar-refractivity contribution in [3.8, 4) is 0 Å². The van der Waals surface area contributed by atoms with E-state index in [1.165, 1.54) is 4.57 Å². The number of nitrogens with one attached hydrogen (secondary N) is 1. The Morgan fingerprint density at radius 3 is 2.36 bits per heavy atom. The normalized spacial score (nSPS) is 12.1. The molecule has 2 heterocycles. The van der Waals surface area contributed by atoms with Crippen LogP contribution in [0.1, 0.15) is 48.5 Å². The minimum Gasteiger partial charge on any atom is -0.462 e. The van der Waals surface area contributed by atoms with Gasteiger partial charge >= 0.3 is 11.7 Å². The molecule has 3 rings (SSSR count). The number of benzene rings is 1. The molecule has 0 spiro atoms. The molecule has 0 aliphatic carbocycles. The van der Waals surface area contributed by atoms with Crippen molar-refractivity contribution < 1.29 is 18.8 Å². The summed E-state index contributed by atoms with van der Waals surface area (Å²) in [4.78, 5) is 53.1. The Bertz CT molecular complexity index is 1450. The highest BCUT2D eigenvalue weighted by atomic mass is 32.1. The maximum absolute atomic E-state index is 13.6. The minimum absolute atomic E-state index is 0.0470. The number of amides is 1. The van der Waals surface area contributed by atoms with Gasteiger partial charge in [0.15, 0.2) is 8.32 Å². The number of hydrogen-bond acceptors (Lipinski definition) is 7. The molecule has 1 N–H and O–H groups in total. The zero-order chi connectivity index (χ0) is 29.0. The molecular formula is C28H39N3O6SSi. The number of esters is 1. The van der Waals surface area contributed by atoms with Gasteiger partial charge in [-0.1, -0.05) is 51.1 Å². The Kier molecular flexibility index (Phi) is 9.73. The summed E-state index contributed by atoms with van der Waals surface area (Å²) < 4.78 is 13.7. The molecule has 0 bridgehead atoms. The minimum atomic E-state index is -1.96. The fourth-order valence-corrected chi connectivity index (χ4v) is 6.18. The van der Waals surface area contributed by atoms with Crippen LogP contribution in [-0.4, -0.2) is 49.1 Å². The van der Waals surface area contributed by atoms with E-state index in [2.05, 4.69) is 39.2 Å². The summed E-state index contributed by atoms with van der Waals surface area (Å²) in [6.07, 6.45) is 0.538. The second-order valence-electron chi connectivity index (χ2n) is 11.0. The molecule has 1 aromatic carbocycles. The van der Waals surface area contributed by atoms with Crippen LogP contribution in [-0.2, 0) is 33.5 Å². The van der Waals surface area contributed by atoms with E-state index in [0.29, 0.717) is 23.4 Å². The Hall–Kier alpha value is -3.02. The molecule has 9 nitrogen and oxygen atoms in total. The summed E-state index contributed by atoms with van der Waals surface area (Å²) in [6, 6.07) is 9.67. The lowest BCUT2D eigenvalue weighted by Crippen LogP contribution is -2.45. The summed E-state index contributed by atoms with van der Waals surface area (Å²) in [5.41, 5.74) is 0.285. The lowest BCUT2D eigenvalue weighted by molar-refractivity contribution is -0.121. The number of nitrogens with zero attached hydrogens (tertiary/aromatic N) is 2. The number of carbonyl (C=O) groups excluding carboxylic acids is 2. The first-order valence-electron chi connectivity index (χ1n) is 13.2. The number of ether oxygens (including phenoxy) is 1. The number of aryl methyl sites for hydroxylation is 3. The zero-order valence-corrected chi connectivity index (χ0v) is 25.7. The SMILES string of the molecule is CCOC(=O)c1sc2c(c1C)c(=O)n(CC(=O)NCCO[Si](C)(C)C(C)(C)C)c(=O)n2CCc1ccccc1. The maximum Gasteiger partial charge on any atom is 0.348 e.